The van der Waals surface area contributed by atoms with E-state index >= 15 is 0 Å². The highest BCUT2D eigenvalue weighted by Crippen LogP contribution is 2.24. The maximum atomic E-state index is 14.3. The Morgan fingerprint density at radius 1 is 1.60 bits per heavy atom. The van der Waals surface area contributed by atoms with Crippen molar-refractivity contribution in [1.82, 2.24) is 0 Å². The maximum absolute atomic E-state index is 14.3. The molecule has 0 aliphatic carbocycles. The highest BCUT2D eigenvalue weighted by molar-refractivity contribution is 5.09. The third-order valence-electron chi connectivity index (χ3n) is 2.33. The minimum absolute atomic E-state index is 0.0954. The molecule has 1 aromatic rings. The molecule has 1 rings (SSSR count). The van der Waals surface area contributed by atoms with Crippen LogP contribution in [0.15, 0.2) is 23.0 Å². The molecule has 4 heteroatoms. The smallest absolute Gasteiger partial charge is 0.138 e. The van der Waals surface area contributed by atoms with Crippen LogP contribution >= 0.6 is 0 Å². The molecule has 1 atom stereocenters. The number of alkyl halides is 1. The largest absolute Gasteiger partial charge is 0.472 e. The van der Waals surface area contributed by atoms with Gasteiger partial charge in [0.25, 0.3) is 0 Å². The molecule has 0 fully saturated rings. The molecule has 0 amide bonds. The molecule has 0 bridgehead atoms. The lowest BCUT2D eigenvalue weighted by Crippen LogP contribution is -2.32. The maximum Gasteiger partial charge on any atom is 0.138 e. The van der Waals surface area contributed by atoms with E-state index in [1.165, 1.54) is 7.11 Å². The lowest BCUT2D eigenvalue weighted by molar-refractivity contribution is 0.0333. The Morgan fingerprint density at radius 3 is 2.93 bits per heavy atom. The summed E-state index contributed by atoms with van der Waals surface area (Å²) in [7, 11) is 1.51. The second-order valence-electron chi connectivity index (χ2n) is 3.78. The Labute approximate surface area is 89.4 Å². The predicted molar refractivity (Wildman–Crippen MR) is 56.4 cm³/mol. The quantitative estimate of drug-likeness (QED) is 0.756. The van der Waals surface area contributed by atoms with E-state index in [0.717, 1.165) is 5.56 Å². The SMILES string of the molecule is COCC(F)(CCCN)Cc1ccoc1. The first-order valence-corrected chi connectivity index (χ1v) is 5.09. The van der Waals surface area contributed by atoms with Crippen molar-refractivity contribution in [1.29, 1.82) is 0 Å². The van der Waals surface area contributed by atoms with Crippen molar-refractivity contribution in [2.75, 3.05) is 20.3 Å². The van der Waals surface area contributed by atoms with Crippen molar-refractivity contribution in [3.8, 4) is 0 Å². The van der Waals surface area contributed by atoms with Crippen molar-refractivity contribution < 1.29 is 13.5 Å². The standard InChI is InChI=1S/C11H18FNO2/c1-14-9-11(12,4-2-5-13)7-10-3-6-15-8-10/h3,6,8H,2,4-5,7,9,13H2,1H3. The van der Waals surface area contributed by atoms with Crippen molar-refractivity contribution >= 4 is 0 Å². The van der Waals surface area contributed by atoms with Crippen LogP contribution in [-0.4, -0.2) is 25.9 Å². The van der Waals surface area contributed by atoms with E-state index in [2.05, 4.69) is 0 Å². The summed E-state index contributed by atoms with van der Waals surface area (Å²) < 4.78 is 24.1. The van der Waals surface area contributed by atoms with Crippen LogP contribution in [0.4, 0.5) is 4.39 Å². The van der Waals surface area contributed by atoms with Crippen LogP contribution in [-0.2, 0) is 11.2 Å². The van der Waals surface area contributed by atoms with E-state index in [9.17, 15) is 4.39 Å². The molecule has 1 heterocycles. The van der Waals surface area contributed by atoms with Crippen LogP contribution in [0.2, 0.25) is 0 Å². The van der Waals surface area contributed by atoms with Gasteiger partial charge >= 0.3 is 0 Å². The number of hydrogen-bond acceptors (Lipinski definition) is 3. The number of rotatable bonds is 7. The number of furan rings is 1. The van der Waals surface area contributed by atoms with Gasteiger partial charge in [-0.25, -0.2) is 4.39 Å². The lowest BCUT2D eigenvalue weighted by atomic mass is 9.93. The topological polar surface area (TPSA) is 48.4 Å². The zero-order valence-corrected chi connectivity index (χ0v) is 9.04. The van der Waals surface area contributed by atoms with E-state index in [1.807, 2.05) is 0 Å². The summed E-state index contributed by atoms with van der Waals surface area (Å²) in [4.78, 5) is 0. The number of methoxy groups -OCH3 is 1. The summed E-state index contributed by atoms with van der Waals surface area (Å²) in [6, 6.07) is 1.77. The lowest BCUT2D eigenvalue weighted by Gasteiger charge is -2.23. The van der Waals surface area contributed by atoms with Gasteiger partial charge in [0, 0.05) is 13.5 Å². The third kappa shape index (κ3) is 4.01. The van der Waals surface area contributed by atoms with Crippen LogP contribution in [0.5, 0.6) is 0 Å². The van der Waals surface area contributed by atoms with Crippen molar-refractivity contribution in [3.63, 3.8) is 0 Å². The van der Waals surface area contributed by atoms with Crippen LogP contribution in [0, 0.1) is 0 Å². The Kier molecular flexibility index (Phi) is 4.78. The highest BCUT2D eigenvalue weighted by Gasteiger charge is 2.29. The van der Waals surface area contributed by atoms with Gasteiger partial charge in [-0.15, -0.1) is 0 Å². The first kappa shape index (κ1) is 12.2. The van der Waals surface area contributed by atoms with Crippen LogP contribution in [0.1, 0.15) is 18.4 Å². The molecule has 15 heavy (non-hydrogen) atoms. The van der Waals surface area contributed by atoms with E-state index in [-0.39, 0.29) is 6.61 Å². The summed E-state index contributed by atoms with van der Waals surface area (Å²) in [5, 5.41) is 0. The number of hydrogen-bond donors (Lipinski definition) is 1. The van der Waals surface area contributed by atoms with Crippen LogP contribution < -0.4 is 5.73 Å². The number of nitrogens with two attached hydrogens (primary N) is 1. The molecule has 0 aromatic carbocycles. The fraction of sp³-hybridized carbons (Fsp3) is 0.636. The molecule has 1 aromatic heterocycles. The normalized spacial score (nSPS) is 15.1. The summed E-state index contributed by atoms with van der Waals surface area (Å²) in [6.07, 6.45) is 4.51. The van der Waals surface area contributed by atoms with E-state index in [4.69, 9.17) is 14.9 Å². The highest BCUT2D eigenvalue weighted by atomic mass is 19.1. The molecule has 0 spiro atoms. The zero-order chi connectivity index (χ0) is 11.1. The predicted octanol–water partition coefficient (Wildman–Crippen LogP) is 1.92. The van der Waals surface area contributed by atoms with Gasteiger partial charge in [0.2, 0.25) is 0 Å². The average molecular weight is 215 g/mol. The van der Waals surface area contributed by atoms with Gasteiger partial charge < -0.3 is 14.9 Å². The summed E-state index contributed by atoms with van der Waals surface area (Å²) in [5.74, 6) is 0. The van der Waals surface area contributed by atoms with E-state index in [1.54, 1.807) is 18.6 Å². The molecule has 0 aliphatic rings. The van der Waals surface area contributed by atoms with Crippen molar-refractivity contribution in [3.05, 3.63) is 24.2 Å². The van der Waals surface area contributed by atoms with Gasteiger partial charge in [-0.3, -0.25) is 0 Å². The van der Waals surface area contributed by atoms with Crippen molar-refractivity contribution in [2.24, 2.45) is 5.73 Å². The first-order valence-electron chi connectivity index (χ1n) is 5.09. The molecule has 1 unspecified atom stereocenters. The van der Waals surface area contributed by atoms with Gasteiger partial charge in [0.15, 0.2) is 0 Å². The van der Waals surface area contributed by atoms with E-state index in [0.29, 0.717) is 25.8 Å². The number of halogens is 1. The molecule has 0 saturated heterocycles. The molecule has 0 aliphatic heterocycles. The minimum Gasteiger partial charge on any atom is -0.472 e. The van der Waals surface area contributed by atoms with Gasteiger partial charge in [0.1, 0.15) is 5.67 Å². The Morgan fingerprint density at radius 2 is 2.40 bits per heavy atom. The molecule has 0 saturated carbocycles. The fourth-order valence-electron chi connectivity index (χ4n) is 1.65. The van der Waals surface area contributed by atoms with Gasteiger partial charge in [-0.1, -0.05) is 0 Å². The van der Waals surface area contributed by atoms with Gasteiger partial charge in [0.05, 0.1) is 19.1 Å². The molecule has 3 nitrogen and oxygen atoms in total. The number of ether oxygens (including phenoxy) is 1. The summed E-state index contributed by atoms with van der Waals surface area (Å²) in [6.45, 7) is 0.596. The molecule has 0 radical (unpaired) electrons. The van der Waals surface area contributed by atoms with Gasteiger partial charge in [-0.05, 0) is 31.0 Å². The monoisotopic (exact) mass is 215 g/mol. The molecular weight excluding hydrogens is 197 g/mol. The second-order valence-corrected chi connectivity index (χ2v) is 3.78. The van der Waals surface area contributed by atoms with Gasteiger partial charge in [-0.2, -0.15) is 0 Å². The Bertz CT molecular complexity index is 264. The Hall–Kier alpha value is -0.870. The van der Waals surface area contributed by atoms with Crippen molar-refractivity contribution in [2.45, 2.75) is 24.9 Å². The third-order valence-corrected chi connectivity index (χ3v) is 2.33. The summed E-state index contributed by atoms with van der Waals surface area (Å²) >= 11 is 0. The van der Waals surface area contributed by atoms with E-state index < -0.39 is 5.67 Å². The first-order chi connectivity index (χ1) is 7.20. The van der Waals surface area contributed by atoms with Crippen LogP contribution in [0.25, 0.3) is 0 Å². The zero-order valence-electron chi connectivity index (χ0n) is 9.04. The van der Waals surface area contributed by atoms with Crippen LogP contribution in [0.3, 0.4) is 0 Å². The molecule has 2 N–H and O–H groups in total. The average Bonchev–Trinajstić information content (AvgIpc) is 2.68. The minimum atomic E-state index is -1.34. The second kappa shape index (κ2) is 5.88. The molecule has 86 valence electrons. The summed E-state index contributed by atoms with van der Waals surface area (Å²) in [5.41, 5.74) is 4.90. The fourth-order valence-corrected chi connectivity index (χ4v) is 1.65. The Balaban J connectivity index is 2.55. The molecular formula is C11H18FNO2.